The normalized spacial score (nSPS) is 12.4. The van der Waals surface area contributed by atoms with E-state index in [0.29, 0.717) is 0 Å². The highest BCUT2D eigenvalue weighted by molar-refractivity contribution is 7.99. The van der Waals surface area contributed by atoms with Crippen molar-refractivity contribution in [3.63, 3.8) is 0 Å². The number of hydrogen-bond acceptors (Lipinski definition) is 4. The number of nitro groups is 1. The van der Waals surface area contributed by atoms with Gasteiger partial charge in [-0.15, -0.1) is 11.8 Å². The molecule has 15 heavy (non-hydrogen) atoms. The first-order valence-electron chi connectivity index (χ1n) is 4.65. The van der Waals surface area contributed by atoms with Crippen LogP contribution in [0.2, 0.25) is 0 Å². The number of nitro benzene ring substituents is 1. The largest absolute Gasteiger partial charge is 0.393 e. The molecule has 0 aliphatic carbocycles. The van der Waals surface area contributed by atoms with Crippen molar-refractivity contribution >= 4 is 17.4 Å². The van der Waals surface area contributed by atoms with E-state index < -0.39 is 4.92 Å². The molecule has 0 aliphatic rings. The summed E-state index contributed by atoms with van der Waals surface area (Å²) in [5.74, 6) is 0.815. The van der Waals surface area contributed by atoms with Gasteiger partial charge >= 0.3 is 0 Å². The minimum Gasteiger partial charge on any atom is -0.393 e. The van der Waals surface area contributed by atoms with Crippen molar-refractivity contribution in [2.75, 3.05) is 5.75 Å². The van der Waals surface area contributed by atoms with E-state index >= 15 is 0 Å². The second kappa shape index (κ2) is 5.72. The summed E-state index contributed by atoms with van der Waals surface area (Å²) in [5.41, 5.74) is 0.106. The Kier molecular flexibility index (Phi) is 4.58. The summed E-state index contributed by atoms with van der Waals surface area (Å²) in [6.45, 7) is 1.75. The number of non-ortho nitro benzene ring substituents is 1. The highest BCUT2D eigenvalue weighted by Gasteiger charge is 2.04. The molecule has 0 aliphatic heterocycles. The molecule has 0 radical (unpaired) electrons. The van der Waals surface area contributed by atoms with Gasteiger partial charge in [0.1, 0.15) is 0 Å². The van der Waals surface area contributed by atoms with Crippen LogP contribution < -0.4 is 0 Å². The van der Waals surface area contributed by atoms with E-state index in [-0.39, 0.29) is 11.8 Å². The van der Waals surface area contributed by atoms with Crippen molar-refractivity contribution in [2.45, 2.75) is 24.3 Å². The Morgan fingerprint density at radius 2 is 2.07 bits per heavy atom. The van der Waals surface area contributed by atoms with Gasteiger partial charge in [0.2, 0.25) is 0 Å². The minimum absolute atomic E-state index is 0.106. The Labute approximate surface area is 92.5 Å². The zero-order valence-corrected chi connectivity index (χ0v) is 9.24. The zero-order chi connectivity index (χ0) is 11.3. The first kappa shape index (κ1) is 12.0. The Bertz CT molecular complexity index is 324. The molecule has 0 spiro atoms. The van der Waals surface area contributed by atoms with Gasteiger partial charge in [-0.1, -0.05) is 0 Å². The predicted molar refractivity (Wildman–Crippen MR) is 60.1 cm³/mol. The molecule has 0 saturated heterocycles. The maximum absolute atomic E-state index is 10.4. The number of rotatable bonds is 5. The van der Waals surface area contributed by atoms with Crippen molar-refractivity contribution in [2.24, 2.45) is 0 Å². The number of nitrogens with zero attached hydrogens (tertiary/aromatic N) is 1. The van der Waals surface area contributed by atoms with Gasteiger partial charge in [-0.2, -0.15) is 0 Å². The zero-order valence-electron chi connectivity index (χ0n) is 8.42. The fraction of sp³-hybridized carbons (Fsp3) is 0.400. The molecule has 0 amide bonds. The summed E-state index contributed by atoms with van der Waals surface area (Å²) in [6.07, 6.45) is 0.428. The molecule has 1 atom stereocenters. The van der Waals surface area contributed by atoms with E-state index in [4.69, 9.17) is 5.11 Å². The number of aliphatic hydroxyl groups is 1. The molecule has 82 valence electrons. The van der Waals surface area contributed by atoms with Crippen LogP contribution in [-0.4, -0.2) is 21.9 Å². The van der Waals surface area contributed by atoms with Crippen LogP contribution in [0.4, 0.5) is 5.69 Å². The smallest absolute Gasteiger partial charge is 0.269 e. The number of thioether (sulfide) groups is 1. The molecule has 1 aromatic carbocycles. The Morgan fingerprint density at radius 1 is 1.47 bits per heavy atom. The van der Waals surface area contributed by atoms with E-state index in [1.807, 2.05) is 0 Å². The molecule has 0 fully saturated rings. The van der Waals surface area contributed by atoms with Crippen LogP contribution in [0, 0.1) is 10.1 Å². The lowest BCUT2D eigenvalue weighted by atomic mass is 10.3. The summed E-state index contributed by atoms with van der Waals surface area (Å²) < 4.78 is 0. The fourth-order valence-electron chi connectivity index (χ4n) is 1.01. The summed E-state index contributed by atoms with van der Waals surface area (Å²) in [5, 5.41) is 19.4. The van der Waals surface area contributed by atoms with Gasteiger partial charge in [-0.3, -0.25) is 10.1 Å². The molecule has 1 N–H and O–H groups in total. The van der Waals surface area contributed by atoms with Crippen molar-refractivity contribution in [1.29, 1.82) is 0 Å². The van der Waals surface area contributed by atoms with Crippen molar-refractivity contribution in [1.82, 2.24) is 0 Å². The average molecular weight is 227 g/mol. The van der Waals surface area contributed by atoms with Gasteiger partial charge < -0.3 is 5.11 Å². The second-order valence-corrected chi connectivity index (χ2v) is 4.41. The molecule has 4 nitrogen and oxygen atoms in total. The van der Waals surface area contributed by atoms with Gasteiger partial charge in [-0.05, 0) is 25.5 Å². The average Bonchev–Trinajstić information content (AvgIpc) is 2.18. The Balaban J connectivity index is 2.46. The highest BCUT2D eigenvalue weighted by Crippen LogP contribution is 2.22. The number of benzene rings is 1. The van der Waals surface area contributed by atoms with Crippen LogP contribution in [0.25, 0.3) is 0 Å². The van der Waals surface area contributed by atoms with Crippen LogP contribution in [0.3, 0.4) is 0 Å². The molecule has 0 heterocycles. The Hall–Kier alpha value is -1.07. The monoisotopic (exact) mass is 227 g/mol. The lowest BCUT2D eigenvalue weighted by Crippen LogP contribution is -2.00. The number of aliphatic hydroxyl groups excluding tert-OH is 1. The first-order valence-corrected chi connectivity index (χ1v) is 5.63. The van der Waals surface area contributed by atoms with Crippen LogP contribution >= 0.6 is 11.8 Å². The van der Waals surface area contributed by atoms with Crippen LogP contribution in [0.1, 0.15) is 13.3 Å². The summed E-state index contributed by atoms with van der Waals surface area (Å²) in [7, 11) is 0. The van der Waals surface area contributed by atoms with Gasteiger partial charge in [0.25, 0.3) is 5.69 Å². The Morgan fingerprint density at radius 3 is 2.53 bits per heavy atom. The van der Waals surface area contributed by atoms with E-state index in [1.54, 1.807) is 30.8 Å². The predicted octanol–water partition coefficient (Wildman–Crippen LogP) is 2.46. The lowest BCUT2D eigenvalue weighted by molar-refractivity contribution is -0.384. The van der Waals surface area contributed by atoms with E-state index in [1.165, 1.54) is 12.1 Å². The van der Waals surface area contributed by atoms with Gasteiger partial charge in [0, 0.05) is 22.8 Å². The van der Waals surface area contributed by atoms with Gasteiger partial charge in [0.05, 0.1) is 11.0 Å². The summed E-state index contributed by atoms with van der Waals surface area (Å²) in [6, 6.07) is 6.44. The molecular formula is C10H13NO3S. The summed E-state index contributed by atoms with van der Waals surface area (Å²) in [4.78, 5) is 11.0. The molecule has 0 aromatic heterocycles. The van der Waals surface area contributed by atoms with Crippen molar-refractivity contribution < 1.29 is 10.0 Å². The van der Waals surface area contributed by atoms with Gasteiger partial charge in [-0.25, -0.2) is 0 Å². The molecule has 1 unspecified atom stereocenters. The topological polar surface area (TPSA) is 63.4 Å². The maximum atomic E-state index is 10.4. The van der Waals surface area contributed by atoms with Crippen molar-refractivity contribution in [3.05, 3.63) is 34.4 Å². The third-order valence-electron chi connectivity index (χ3n) is 1.85. The fourth-order valence-corrected chi connectivity index (χ4v) is 2.03. The lowest BCUT2D eigenvalue weighted by Gasteiger charge is -2.03. The number of hydrogen-bond donors (Lipinski definition) is 1. The molecular weight excluding hydrogens is 214 g/mol. The van der Waals surface area contributed by atoms with Gasteiger partial charge in [0.15, 0.2) is 0 Å². The standard InChI is InChI=1S/C10H13NO3S/c1-8(12)6-7-15-10-4-2-9(3-5-10)11(13)14/h2-5,8,12H,6-7H2,1H3. The summed E-state index contributed by atoms with van der Waals surface area (Å²) >= 11 is 1.59. The molecule has 1 aromatic rings. The molecule has 0 bridgehead atoms. The van der Waals surface area contributed by atoms with Crippen LogP contribution in [0.15, 0.2) is 29.2 Å². The first-order chi connectivity index (χ1) is 7.09. The second-order valence-electron chi connectivity index (χ2n) is 3.24. The third kappa shape index (κ3) is 4.31. The SMILES string of the molecule is CC(O)CCSc1ccc([N+](=O)[O-])cc1. The van der Waals surface area contributed by atoms with Crippen molar-refractivity contribution in [3.8, 4) is 0 Å². The highest BCUT2D eigenvalue weighted by atomic mass is 32.2. The quantitative estimate of drug-likeness (QED) is 0.477. The molecule has 5 heteroatoms. The maximum Gasteiger partial charge on any atom is 0.269 e. The van der Waals surface area contributed by atoms with E-state index in [9.17, 15) is 10.1 Å². The van der Waals surface area contributed by atoms with Crippen LogP contribution in [-0.2, 0) is 0 Å². The minimum atomic E-state index is -0.412. The van der Waals surface area contributed by atoms with E-state index in [0.717, 1.165) is 17.1 Å². The van der Waals surface area contributed by atoms with E-state index in [2.05, 4.69) is 0 Å². The molecule has 1 rings (SSSR count). The van der Waals surface area contributed by atoms with Crippen LogP contribution in [0.5, 0.6) is 0 Å². The molecule has 0 saturated carbocycles. The third-order valence-corrected chi connectivity index (χ3v) is 2.90.